The zero-order valence-electron chi connectivity index (χ0n) is 9.75. The number of hydrogen-bond donors (Lipinski definition) is 1. The van der Waals surface area contributed by atoms with Crippen LogP contribution in [0, 0.1) is 5.82 Å². The van der Waals surface area contributed by atoms with Gasteiger partial charge in [-0.3, -0.25) is 0 Å². The molecule has 0 fully saturated rings. The number of anilines is 2. The number of fused-ring (bicyclic) bond motifs is 1. The number of rotatable bonds is 2. The highest BCUT2D eigenvalue weighted by Crippen LogP contribution is 2.36. The highest BCUT2D eigenvalue weighted by atomic mass is 79.9. The molecular weight excluding hydrogens is 430 g/mol. The number of hydrogen-bond acceptors (Lipinski definition) is 3. The molecule has 0 radical (unpaired) electrons. The lowest BCUT2D eigenvalue weighted by atomic mass is 10.3. The lowest BCUT2D eigenvalue weighted by molar-refractivity contribution is 0.627. The van der Waals surface area contributed by atoms with Crippen molar-refractivity contribution < 1.29 is 4.39 Å². The Morgan fingerprint density at radius 2 is 2.00 bits per heavy atom. The lowest BCUT2D eigenvalue weighted by Crippen LogP contribution is -1.92. The first kappa shape index (κ1) is 14.3. The van der Waals surface area contributed by atoms with Crippen molar-refractivity contribution in [1.82, 2.24) is 4.98 Å². The Bertz CT molecular complexity index is 783. The summed E-state index contributed by atoms with van der Waals surface area (Å²) < 4.78 is 15.8. The molecule has 1 heterocycles. The van der Waals surface area contributed by atoms with Crippen LogP contribution in [-0.2, 0) is 0 Å². The molecule has 0 aliphatic carbocycles. The number of nitrogens with zero attached hydrogens (tertiary/aromatic N) is 1. The Hall–Kier alpha value is -0.690. The van der Waals surface area contributed by atoms with Gasteiger partial charge in [-0.1, -0.05) is 38.9 Å². The maximum Gasteiger partial charge on any atom is 0.188 e. The first-order valence-corrected chi connectivity index (χ1v) is 8.28. The van der Waals surface area contributed by atoms with Gasteiger partial charge in [0.05, 0.1) is 20.9 Å². The van der Waals surface area contributed by atoms with E-state index >= 15 is 0 Å². The molecule has 0 amide bonds. The molecule has 0 bridgehead atoms. The smallest absolute Gasteiger partial charge is 0.188 e. The number of thiazole rings is 1. The van der Waals surface area contributed by atoms with Gasteiger partial charge in [-0.15, -0.1) is 0 Å². The molecule has 3 aromatic rings. The van der Waals surface area contributed by atoms with E-state index in [0.29, 0.717) is 20.3 Å². The Kier molecular flexibility index (Phi) is 3.99. The molecule has 1 N–H and O–H groups in total. The van der Waals surface area contributed by atoms with Crippen LogP contribution in [0.5, 0.6) is 0 Å². The van der Waals surface area contributed by atoms with E-state index in [2.05, 4.69) is 42.2 Å². The quantitative estimate of drug-likeness (QED) is 0.506. The SMILES string of the molecule is Fc1cc(Cl)c(Nc2nc3cc(Br)ccc3s2)c(Br)c1. The van der Waals surface area contributed by atoms with Crippen molar-refractivity contribution in [1.29, 1.82) is 0 Å². The number of halogens is 4. The van der Waals surface area contributed by atoms with Gasteiger partial charge < -0.3 is 5.32 Å². The van der Waals surface area contributed by atoms with Crippen LogP contribution in [0.4, 0.5) is 15.2 Å². The van der Waals surface area contributed by atoms with Gasteiger partial charge in [-0.05, 0) is 46.3 Å². The second-order valence-corrected chi connectivity index (χ2v) is 7.21. The number of aromatic nitrogens is 1. The average molecular weight is 437 g/mol. The molecule has 0 aliphatic heterocycles. The molecule has 2 aromatic carbocycles. The summed E-state index contributed by atoms with van der Waals surface area (Å²) in [5, 5.41) is 4.13. The summed E-state index contributed by atoms with van der Waals surface area (Å²) in [6.07, 6.45) is 0. The standard InChI is InChI=1S/C13H6Br2ClFN2S/c14-6-1-2-11-10(3-6)18-13(20-11)19-12-8(15)4-7(17)5-9(12)16/h1-5H,(H,18,19). The van der Waals surface area contributed by atoms with Gasteiger partial charge in [0, 0.05) is 8.95 Å². The third kappa shape index (κ3) is 2.83. The van der Waals surface area contributed by atoms with E-state index in [0.717, 1.165) is 14.7 Å². The van der Waals surface area contributed by atoms with E-state index in [9.17, 15) is 4.39 Å². The molecule has 0 unspecified atom stereocenters. The van der Waals surface area contributed by atoms with Gasteiger partial charge in [0.1, 0.15) is 5.82 Å². The van der Waals surface area contributed by atoms with Crippen molar-refractivity contribution in [3.8, 4) is 0 Å². The normalized spacial score (nSPS) is 11.0. The van der Waals surface area contributed by atoms with E-state index in [1.807, 2.05) is 18.2 Å². The molecule has 3 rings (SSSR count). The van der Waals surface area contributed by atoms with E-state index in [1.165, 1.54) is 23.5 Å². The molecule has 0 spiro atoms. The summed E-state index contributed by atoms with van der Waals surface area (Å²) in [7, 11) is 0. The molecule has 1 aromatic heterocycles. The van der Waals surface area contributed by atoms with Gasteiger partial charge >= 0.3 is 0 Å². The topological polar surface area (TPSA) is 24.9 Å². The Morgan fingerprint density at radius 1 is 1.20 bits per heavy atom. The highest BCUT2D eigenvalue weighted by Gasteiger charge is 2.11. The van der Waals surface area contributed by atoms with Gasteiger partial charge in [0.15, 0.2) is 5.13 Å². The largest absolute Gasteiger partial charge is 0.329 e. The van der Waals surface area contributed by atoms with Crippen LogP contribution in [-0.4, -0.2) is 4.98 Å². The molecule has 0 atom stereocenters. The van der Waals surface area contributed by atoms with Crippen LogP contribution < -0.4 is 5.32 Å². The van der Waals surface area contributed by atoms with Crippen LogP contribution in [0.2, 0.25) is 5.02 Å². The molecule has 20 heavy (non-hydrogen) atoms. The fraction of sp³-hybridized carbons (Fsp3) is 0. The molecule has 102 valence electrons. The second kappa shape index (κ2) is 5.60. The fourth-order valence-electron chi connectivity index (χ4n) is 1.72. The summed E-state index contributed by atoms with van der Waals surface area (Å²) in [5.74, 6) is -0.388. The predicted octanol–water partition coefficient (Wildman–Crippen LogP) is 6.36. The van der Waals surface area contributed by atoms with Crippen molar-refractivity contribution >= 4 is 75.8 Å². The van der Waals surface area contributed by atoms with Gasteiger partial charge in [0.2, 0.25) is 0 Å². The second-order valence-electron chi connectivity index (χ2n) is 4.00. The summed E-state index contributed by atoms with van der Waals surface area (Å²) in [6, 6.07) is 8.52. The molecule has 0 aliphatic rings. The van der Waals surface area contributed by atoms with Crippen LogP contribution in [0.25, 0.3) is 10.2 Å². The Morgan fingerprint density at radius 3 is 2.75 bits per heavy atom. The zero-order valence-corrected chi connectivity index (χ0v) is 14.5. The first-order valence-electron chi connectivity index (χ1n) is 5.50. The van der Waals surface area contributed by atoms with Gasteiger partial charge in [-0.2, -0.15) is 0 Å². The molecule has 0 saturated heterocycles. The number of benzene rings is 2. The predicted molar refractivity (Wildman–Crippen MR) is 89.7 cm³/mol. The van der Waals surface area contributed by atoms with Crippen molar-refractivity contribution in [2.24, 2.45) is 0 Å². The lowest BCUT2D eigenvalue weighted by Gasteiger charge is -2.07. The van der Waals surface area contributed by atoms with E-state index in [4.69, 9.17) is 11.6 Å². The van der Waals surface area contributed by atoms with Crippen molar-refractivity contribution in [2.45, 2.75) is 0 Å². The molecule has 2 nitrogen and oxygen atoms in total. The minimum absolute atomic E-state index is 0.303. The van der Waals surface area contributed by atoms with Gasteiger partial charge in [-0.25, -0.2) is 9.37 Å². The highest BCUT2D eigenvalue weighted by molar-refractivity contribution is 9.10. The molecule has 7 heteroatoms. The summed E-state index contributed by atoms with van der Waals surface area (Å²) in [6.45, 7) is 0. The third-order valence-electron chi connectivity index (χ3n) is 2.59. The van der Waals surface area contributed by atoms with Crippen LogP contribution in [0.3, 0.4) is 0 Å². The van der Waals surface area contributed by atoms with E-state index in [1.54, 1.807) is 0 Å². The maximum absolute atomic E-state index is 13.2. The van der Waals surface area contributed by atoms with Crippen molar-refractivity contribution in [3.63, 3.8) is 0 Å². The van der Waals surface area contributed by atoms with Crippen LogP contribution in [0.15, 0.2) is 39.3 Å². The molecule has 0 saturated carbocycles. The Balaban J connectivity index is 2.01. The van der Waals surface area contributed by atoms with Crippen LogP contribution >= 0.6 is 54.8 Å². The number of nitrogens with one attached hydrogen (secondary N) is 1. The summed E-state index contributed by atoms with van der Waals surface area (Å²) in [5.41, 5.74) is 1.49. The van der Waals surface area contributed by atoms with Crippen molar-refractivity contribution in [3.05, 3.63) is 50.1 Å². The Labute approximate surface area is 140 Å². The zero-order chi connectivity index (χ0) is 14.3. The van der Waals surface area contributed by atoms with E-state index < -0.39 is 0 Å². The monoisotopic (exact) mass is 434 g/mol. The maximum atomic E-state index is 13.2. The fourth-order valence-corrected chi connectivity index (χ4v) is 3.82. The third-order valence-corrected chi connectivity index (χ3v) is 4.96. The average Bonchev–Trinajstić information content (AvgIpc) is 2.75. The minimum atomic E-state index is -0.388. The van der Waals surface area contributed by atoms with Gasteiger partial charge in [0.25, 0.3) is 0 Å². The van der Waals surface area contributed by atoms with E-state index in [-0.39, 0.29) is 5.82 Å². The summed E-state index contributed by atoms with van der Waals surface area (Å²) in [4.78, 5) is 4.48. The summed E-state index contributed by atoms with van der Waals surface area (Å²) >= 11 is 14.3. The molecular formula is C13H6Br2ClFN2S. The van der Waals surface area contributed by atoms with Crippen molar-refractivity contribution in [2.75, 3.05) is 5.32 Å². The minimum Gasteiger partial charge on any atom is -0.329 e. The first-order chi connectivity index (χ1) is 9.52. The van der Waals surface area contributed by atoms with Crippen LogP contribution in [0.1, 0.15) is 0 Å².